The van der Waals surface area contributed by atoms with Gasteiger partial charge in [0, 0.05) is 4.75 Å². The van der Waals surface area contributed by atoms with Gasteiger partial charge in [-0.05, 0) is 19.4 Å². The molecule has 0 aliphatic carbocycles. The molecule has 1 aromatic carbocycles. The van der Waals surface area contributed by atoms with Crippen LogP contribution in [-0.4, -0.2) is 55.8 Å². The average Bonchev–Trinajstić information content (AvgIpc) is 2.74. The number of hydrogen-bond donors (Lipinski definition) is 1. The van der Waals surface area contributed by atoms with Gasteiger partial charge in [0.15, 0.2) is 0 Å². The second kappa shape index (κ2) is 9.20. The second-order valence-corrected chi connectivity index (χ2v) is 8.06. The van der Waals surface area contributed by atoms with Gasteiger partial charge in [-0.15, -0.1) is 11.8 Å². The van der Waals surface area contributed by atoms with E-state index in [4.69, 9.17) is 0 Å². The van der Waals surface area contributed by atoms with Gasteiger partial charge in [-0.25, -0.2) is 0 Å². The zero-order valence-electron chi connectivity index (χ0n) is 14.8. The summed E-state index contributed by atoms with van der Waals surface area (Å²) in [6.45, 7) is 3.54. The molecular weight excluding hydrogens is 371 g/mol. The molecule has 8 nitrogen and oxygen atoms in total. The number of amides is 2. The molecule has 2 aliphatic heterocycles. The molecule has 10 heteroatoms. The number of carboxylic acid groups (broad SMARTS) is 1. The molecule has 2 aliphatic rings. The molecule has 0 saturated carbocycles. The summed E-state index contributed by atoms with van der Waals surface area (Å²) in [6.07, 6.45) is 0.190. The fourth-order valence-corrected chi connectivity index (χ4v) is 4.75. The molecule has 2 amide bonds. The minimum atomic E-state index is -1.26. The normalized spacial score (nSPS) is 24.8. The maximum atomic E-state index is 12.2. The number of thioether (sulfide) groups is 1. The number of fused-ring (bicyclic) bond motifs is 1. The van der Waals surface area contributed by atoms with E-state index in [1.807, 2.05) is 30.3 Å². The first kappa shape index (κ1) is 24.9. The van der Waals surface area contributed by atoms with Crippen LogP contribution in [0.1, 0.15) is 19.4 Å². The third-order valence-corrected chi connectivity index (χ3v) is 5.76. The Hall–Kier alpha value is -1.10. The molecule has 5 N–H and O–H groups in total. The third kappa shape index (κ3) is 4.41. The maximum absolute atomic E-state index is 12.2. The Morgan fingerprint density at radius 1 is 1.23 bits per heavy atom. The van der Waals surface area contributed by atoms with Crippen molar-refractivity contribution in [3.63, 3.8) is 0 Å². The van der Waals surface area contributed by atoms with E-state index >= 15 is 0 Å². The first-order valence-corrected chi connectivity index (χ1v) is 8.23. The van der Waals surface area contributed by atoms with Crippen LogP contribution < -0.4 is 40.0 Å². The number of carboxylic acids is 1. The molecule has 0 unspecified atom stereocenters. The molecule has 0 bridgehead atoms. The Morgan fingerprint density at radius 2 is 1.81 bits per heavy atom. The van der Waals surface area contributed by atoms with Gasteiger partial charge < -0.3 is 31.1 Å². The van der Waals surface area contributed by atoms with Crippen molar-refractivity contribution in [1.82, 2.24) is 10.2 Å². The van der Waals surface area contributed by atoms with Crippen molar-refractivity contribution in [2.24, 2.45) is 0 Å². The number of nitrogens with one attached hydrogen (secondary N) is 1. The van der Waals surface area contributed by atoms with E-state index in [9.17, 15) is 19.5 Å². The standard InChI is InChI=1S/C16H18N2O4S.Na.2H2O/c1-16(2)12(15(21)22)18-13(20)11(14(18)23-16)17-10(19)8-9-6-4-3-5-7-9;;;/h3-7,11-12,14H,8H2,1-2H3,(H,17,19)(H,21,22);;2*1H2/q;+1;;/p-1/t11-,12+,14-;;;/m1.../s1. The summed E-state index contributed by atoms with van der Waals surface area (Å²) in [5.74, 6) is -1.86. The smallest absolute Gasteiger partial charge is 0.548 e. The second-order valence-electron chi connectivity index (χ2n) is 6.29. The fraction of sp³-hybridized carbons (Fsp3) is 0.438. The van der Waals surface area contributed by atoms with E-state index in [1.54, 1.807) is 13.8 Å². The largest absolute Gasteiger partial charge is 1.00 e. The summed E-state index contributed by atoms with van der Waals surface area (Å²) in [4.78, 5) is 37.0. The van der Waals surface area contributed by atoms with Gasteiger partial charge in [0.05, 0.1) is 18.4 Å². The molecule has 0 radical (unpaired) electrons. The Kier molecular flexibility index (Phi) is 8.82. The number of carbonyl (C=O) groups excluding carboxylic acids is 3. The van der Waals surface area contributed by atoms with E-state index < -0.39 is 22.8 Å². The third-order valence-electron chi connectivity index (χ3n) is 4.19. The van der Waals surface area contributed by atoms with Crippen molar-refractivity contribution in [2.75, 3.05) is 0 Å². The minimum absolute atomic E-state index is 0. The van der Waals surface area contributed by atoms with Crippen molar-refractivity contribution >= 4 is 29.5 Å². The SMILES string of the molecule is CC1(C)S[C@@H]2[C@H](NC(=O)Cc3ccccc3)C(=O)N2[C@H]1C(=O)[O-].O.O.[Na+]. The minimum Gasteiger partial charge on any atom is -0.548 e. The van der Waals surface area contributed by atoms with Crippen LogP contribution in [0.3, 0.4) is 0 Å². The Bertz CT molecular complexity index is 672. The summed E-state index contributed by atoms with van der Waals surface area (Å²) in [5, 5.41) is 13.7. The summed E-state index contributed by atoms with van der Waals surface area (Å²) < 4.78 is -0.641. The maximum Gasteiger partial charge on any atom is 1.00 e. The van der Waals surface area contributed by atoms with Crippen molar-refractivity contribution < 1.29 is 60.0 Å². The molecule has 3 rings (SSSR count). The van der Waals surface area contributed by atoms with Crippen LogP contribution in [-0.2, 0) is 20.8 Å². The number of carbonyl (C=O) groups is 3. The number of benzene rings is 1. The Morgan fingerprint density at radius 3 is 2.35 bits per heavy atom. The first-order valence-electron chi connectivity index (χ1n) is 7.35. The van der Waals surface area contributed by atoms with Crippen LogP contribution in [0.25, 0.3) is 0 Å². The quantitative estimate of drug-likeness (QED) is 0.401. The van der Waals surface area contributed by atoms with E-state index in [0.717, 1.165) is 5.56 Å². The average molecular weight is 392 g/mol. The van der Waals surface area contributed by atoms with Gasteiger partial charge in [-0.3, -0.25) is 9.59 Å². The van der Waals surface area contributed by atoms with Gasteiger partial charge in [0.25, 0.3) is 0 Å². The number of hydrogen-bond acceptors (Lipinski definition) is 5. The number of rotatable bonds is 4. The van der Waals surface area contributed by atoms with Crippen molar-refractivity contribution in [3.8, 4) is 0 Å². The molecule has 0 aromatic heterocycles. The number of nitrogens with zero attached hydrogens (tertiary/aromatic N) is 1. The molecule has 2 heterocycles. The van der Waals surface area contributed by atoms with Crippen LogP contribution in [0.4, 0.5) is 0 Å². The predicted molar refractivity (Wildman–Crippen MR) is 90.4 cm³/mol. The zero-order valence-corrected chi connectivity index (χ0v) is 17.6. The summed E-state index contributed by atoms with van der Waals surface area (Å²) in [6, 6.07) is 7.61. The molecule has 3 atom stereocenters. The van der Waals surface area contributed by atoms with Crippen LogP contribution in [0.5, 0.6) is 0 Å². The van der Waals surface area contributed by atoms with E-state index in [2.05, 4.69) is 5.32 Å². The summed E-state index contributed by atoms with van der Waals surface area (Å²) in [7, 11) is 0. The molecule has 138 valence electrons. The van der Waals surface area contributed by atoms with Gasteiger partial charge >= 0.3 is 29.6 Å². The van der Waals surface area contributed by atoms with Crippen molar-refractivity contribution in [2.45, 2.75) is 42.5 Å². The van der Waals surface area contributed by atoms with E-state index in [1.165, 1.54) is 16.7 Å². The van der Waals surface area contributed by atoms with Crippen molar-refractivity contribution in [1.29, 1.82) is 0 Å². The van der Waals surface area contributed by atoms with Gasteiger partial charge in [-0.1, -0.05) is 30.3 Å². The monoisotopic (exact) mass is 392 g/mol. The van der Waals surface area contributed by atoms with Crippen molar-refractivity contribution in [3.05, 3.63) is 35.9 Å². The van der Waals surface area contributed by atoms with Gasteiger partial charge in [0.1, 0.15) is 11.4 Å². The summed E-state index contributed by atoms with van der Waals surface area (Å²) in [5.41, 5.74) is 0.862. The van der Waals surface area contributed by atoms with Crippen LogP contribution in [0.2, 0.25) is 0 Å². The van der Waals surface area contributed by atoms with Crippen LogP contribution in [0, 0.1) is 0 Å². The zero-order chi connectivity index (χ0) is 16.8. The predicted octanol–water partition coefficient (Wildman–Crippen LogP) is -5.12. The van der Waals surface area contributed by atoms with E-state index in [-0.39, 0.29) is 64.1 Å². The molecule has 0 spiro atoms. The molecular formula is C16H21N2NaO6S. The van der Waals surface area contributed by atoms with Gasteiger partial charge in [-0.2, -0.15) is 0 Å². The topological polar surface area (TPSA) is 153 Å². The van der Waals surface area contributed by atoms with Gasteiger partial charge in [0.2, 0.25) is 11.8 Å². The Balaban J connectivity index is 0.00000208. The summed E-state index contributed by atoms with van der Waals surface area (Å²) >= 11 is 1.38. The molecule has 2 saturated heterocycles. The molecule has 1 aromatic rings. The first-order chi connectivity index (χ1) is 10.8. The number of aliphatic carboxylic acids is 1. The van der Waals surface area contributed by atoms with E-state index in [0.29, 0.717) is 0 Å². The number of β-lactam (4-membered cyclic amide) rings is 1. The Labute approximate surface area is 177 Å². The van der Waals surface area contributed by atoms with Crippen LogP contribution >= 0.6 is 11.8 Å². The fourth-order valence-electron chi connectivity index (χ4n) is 3.13. The molecule has 2 fully saturated rings. The molecule has 26 heavy (non-hydrogen) atoms. The van der Waals surface area contributed by atoms with Crippen LogP contribution in [0.15, 0.2) is 30.3 Å².